The molecule has 1 aliphatic heterocycles. The van der Waals surface area contributed by atoms with Crippen molar-refractivity contribution in [3.05, 3.63) is 58.1 Å². The Labute approximate surface area is 155 Å². The van der Waals surface area contributed by atoms with Crippen molar-refractivity contribution in [3.8, 4) is 11.5 Å². The number of carbonyl (C=O) groups is 2. The van der Waals surface area contributed by atoms with E-state index in [1.54, 1.807) is 36.4 Å². The number of benzene rings is 2. The molecule has 2 aromatic rings. The number of hydrogen-bond acceptors (Lipinski definition) is 4. The molecule has 1 saturated heterocycles. The smallest absolute Gasteiger partial charge is 0.282 e. The van der Waals surface area contributed by atoms with Gasteiger partial charge in [-0.05, 0) is 48.9 Å². The molecule has 0 aliphatic carbocycles. The van der Waals surface area contributed by atoms with Crippen molar-refractivity contribution in [1.29, 1.82) is 0 Å². The summed E-state index contributed by atoms with van der Waals surface area (Å²) in [6.07, 6.45) is 1.48. The van der Waals surface area contributed by atoms with Crippen LogP contribution in [-0.2, 0) is 9.59 Å². The topological polar surface area (TPSA) is 67.9 Å². The average molecular weight is 373 g/mol. The number of ether oxygens (including phenoxy) is 2. The molecule has 6 nitrogen and oxygen atoms in total. The Hall–Kier alpha value is -2.99. The van der Waals surface area contributed by atoms with E-state index in [4.69, 9.17) is 21.1 Å². The fourth-order valence-electron chi connectivity index (χ4n) is 2.57. The Balaban J connectivity index is 1.99. The predicted molar refractivity (Wildman–Crippen MR) is 99.3 cm³/mol. The number of amides is 2. The second-order valence-corrected chi connectivity index (χ2v) is 6.09. The Morgan fingerprint density at radius 3 is 2.50 bits per heavy atom. The molecule has 7 heteroatoms. The maximum absolute atomic E-state index is 12.7. The van der Waals surface area contributed by atoms with Gasteiger partial charge >= 0.3 is 0 Å². The van der Waals surface area contributed by atoms with Gasteiger partial charge in [-0.15, -0.1) is 0 Å². The molecule has 0 unspecified atom stereocenters. The van der Waals surface area contributed by atoms with Gasteiger partial charge in [0.1, 0.15) is 17.1 Å². The maximum Gasteiger partial charge on any atom is 0.282 e. The van der Waals surface area contributed by atoms with Crippen molar-refractivity contribution in [2.75, 3.05) is 19.2 Å². The van der Waals surface area contributed by atoms with Gasteiger partial charge in [-0.3, -0.25) is 15.0 Å². The van der Waals surface area contributed by atoms with Crippen LogP contribution in [0.1, 0.15) is 11.1 Å². The van der Waals surface area contributed by atoms with Crippen LogP contribution in [0.2, 0.25) is 5.02 Å². The van der Waals surface area contributed by atoms with Gasteiger partial charge in [0.25, 0.3) is 11.8 Å². The third-order valence-corrected chi connectivity index (χ3v) is 4.45. The lowest BCUT2D eigenvalue weighted by Gasteiger charge is -2.15. The summed E-state index contributed by atoms with van der Waals surface area (Å²) in [4.78, 5) is 25.1. The van der Waals surface area contributed by atoms with E-state index in [-0.39, 0.29) is 5.57 Å². The van der Waals surface area contributed by atoms with Crippen LogP contribution in [0, 0.1) is 6.92 Å². The number of rotatable bonds is 4. The van der Waals surface area contributed by atoms with Crippen molar-refractivity contribution in [3.63, 3.8) is 0 Å². The van der Waals surface area contributed by atoms with Crippen molar-refractivity contribution in [2.24, 2.45) is 0 Å². The molecular formula is C19H17ClN2O4. The van der Waals surface area contributed by atoms with E-state index in [1.807, 2.05) is 6.92 Å². The minimum atomic E-state index is -0.503. The van der Waals surface area contributed by atoms with Crippen molar-refractivity contribution in [2.45, 2.75) is 6.92 Å². The first-order valence-electron chi connectivity index (χ1n) is 7.80. The van der Waals surface area contributed by atoms with Gasteiger partial charge in [0, 0.05) is 10.6 Å². The van der Waals surface area contributed by atoms with Crippen LogP contribution in [0.4, 0.5) is 5.69 Å². The second kappa shape index (κ2) is 7.09. The zero-order chi connectivity index (χ0) is 18.8. The predicted octanol–water partition coefficient (Wildman–Crippen LogP) is 3.13. The molecule has 1 aliphatic rings. The fraction of sp³-hybridized carbons (Fsp3) is 0.158. The van der Waals surface area contributed by atoms with Crippen molar-refractivity contribution in [1.82, 2.24) is 5.43 Å². The van der Waals surface area contributed by atoms with Crippen LogP contribution >= 0.6 is 11.6 Å². The molecule has 0 radical (unpaired) electrons. The number of aryl methyl sites for hydroxylation is 1. The summed E-state index contributed by atoms with van der Waals surface area (Å²) in [5.41, 5.74) is 4.47. The van der Waals surface area contributed by atoms with Gasteiger partial charge in [-0.25, -0.2) is 5.01 Å². The fourth-order valence-corrected chi connectivity index (χ4v) is 2.74. The molecule has 134 valence electrons. The summed E-state index contributed by atoms with van der Waals surface area (Å²) in [6, 6.07) is 10.3. The summed E-state index contributed by atoms with van der Waals surface area (Å²) in [5.74, 6) is 0.137. The Kier molecular flexibility index (Phi) is 4.86. The Morgan fingerprint density at radius 2 is 1.85 bits per heavy atom. The number of carbonyl (C=O) groups excluding carboxylic acids is 2. The number of nitrogens with one attached hydrogen (secondary N) is 1. The average Bonchev–Trinajstić information content (AvgIpc) is 2.92. The maximum atomic E-state index is 12.7. The highest BCUT2D eigenvalue weighted by Crippen LogP contribution is 2.29. The lowest BCUT2D eigenvalue weighted by molar-refractivity contribution is -0.117. The third kappa shape index (κ3) is 3.23. The normalized spacial score (nSPS) is 15.4. The lowest BCUT2D eigenvalue weighted by atomic mass is 10.1. The second-order valence-electron chi connectivity index (χ2n) is 5.68. The zero-order valence-electron chi connectivity index (χ0n) is 14.5. The number of methoxy groups -OCH3 is 2. The van der Waals surface area contributed by atoms with Crippen LogP contribution in [0.3, 0.4) is 0 Å². The van der Waals surface area contributed by atoms with E-state index in [1.165, 1.54) is 25.3 Å². The highest BCUT2D eigenvalue weighted by molar-refractivity contribution is 6.33. The molecule has 3 rings (SSSR count). The largest absolute Gasteiger partial charge is 0.497 e. The van der Waals surface area contributed by atoms with Gasteiger partial charge < -0.3 is 9.47 Å². The Bertz CT molecular complexity index is 924. The number of hydrogen-bond donors (Lipinski definition) is 1. The summed E-state index contributed by atoms with van der Waals surface area (Å²) in [7, 11) is 3.05. The quantitative estimate of drug-likeness (QED) is 0.661. The third-order valence-electron chi connectivity index (χ3n) is 4.04. The van der Waals surface area contributed by atoms with Crippen LogP contribution in [0.25, 0.3) is 6.08 Å². The molecule has 0 spiro atoms. The van der Waals surface area contributed by atoms with E-state index < -0.39 is 11.8 Å². The summed E-state index contributed by atoms with van der Waals surface area (Å²) < 4.78 is 10.5. The lowest BCUT2D eigenvalue weighted by Crippen LogP contribution is -2.35. The van der Waals surface area contributed by atoms with Crippen LogP contribution in [0.5, 0.6) is 11.5 Å². The molecule has 0 aromatic heterocycles. The van der Waals surface area contributed by atoms with E-state index in [0.717, 1.165) is 5.56 Å². The molecular weight excluding hydrogens is 356 g/mol. The molecule has 2 aromatic carbocycles. The Morgan fingerprint density at radius 1 is 1.08 bits per heavy atom. The minimum Gasteiger partial charge on any atom is -0.497 e. The van der Waals surface area contributed by atoms with E-state index in [9.17, 15) is 9.59 Å². The monoisotopic (exact) mass is 372 g/mol. The standard InChI is InChI=1S/C19H17ClN2O4/c1-11-4-5-13(10-16(11)20)22-19(24)15(18(23)21-22)9-12-8-14(25-2)6-7-17(12)26-3/h4-10H,1-3H3,(H,21,23)/b15-9-. The van der Waals surface area contributed by atoms with E-state index >= 15 is 0 Å². The molecule has 0 saturated carbocycles. The van der Waals surface area contributed by atoms with E-state index in [2.05, 4.69) is 5.43 Å². The van der Waals surface area contributed by atoms with Crippen LogP contribution in [-0.4, -0.2) is 26.0 Å². The van der Waals surface area contributed by atoms with Gasteiger partial charge in [-0.2, -0.15) is 0 Å². The highest BCUT2D eigenvalue weighted by Gasteiger charge is 2.34. The molecule has 1 fully saturated rings. The molecule has 26 heavy (non-hydrogen) atoms. The number of nitrogens with zero attached hydrogens (tertiary/aromatic N) is 1. The van der Waals surface area contributed by atoms with Gasteiger partial charge in [-0.1, -0.05) is 17.7 Å². The first-order valence-corrected chi connectivity index (χ1v) is 8.17. The molecule has 1 heterocycles. The molecule has 0 atom stereocenters. The molecule has 1 N–H and O–H groups in total. The van der Waals surface area contributed by atoms with Crippen LogP contribution < -0.4 is 19.9 Å². The molecule has 0 bridgehead atoms. The summed E-state index contributed by atoms with van der Waals surface area (Å²) >= 11 is 6.12. The molecule has 2 amide bonds. The van der Waals surface area contributed by atoms with Crippen molar-refractivity contribution >= 4 is 35.2 Å². The zero-order valence-corrected chi connectivity index (χ0v) is 15.3. The number of halogens is 1. The first-order chi connectivity index (χ1) is 12.4. The number of hydrazine groups is 1. The van der Waals surface area contributed by atoms with Gasteiger partial charge in [0.2, 0.25) is 0 Å². The minimum absolute atomic E-state index is 0.00625. The van der Waals surface area contributed by atoms with Gasteiger partial charge in [0.05, 0.1) is 19.9 Å². The SMILES string of the molecule is COc1ccc(OC)c(/C=C2/C(=O)NN(c3ccc(C)c(Cl)c3)C2=O)c1. The summed E-state index contributed by atoms with van der Waals surface area (Å²) in [6.45, 7) is 1.86. The van der Waals surface area contributed by atoms with E-state index in [0.29, 0.717) is 27.8 Å². The summed E-state index contributed by atoms with van der Waals surface area (Å²) in [5, 5.41) is 1.68. The van der Waals surface area contributed by atoms with Crippen molar-refractivity contribution < 1.29 is 19.1 Å². The highest BCUT2D eigenvalue weighted by atomic mass is 35.5. The first kappa shape index (κ1) is 17.8. The van der Waals surface area contributed by atoms with Crippen LogP contribution in [0.15, 0.2) is 42.0 Å². The number of anilines is 1. The van der Waals surface area contributed by atoms with Gasteiger partial charge in [0.15, 0.2) is 0 Å².